The normalized spacial score (nSPS) is 14.5. The standard InChI is InChI=1S/C33H34ClN3O4/c1-33(2,30(26-12-14-28(34)15-13-26)36-31(39)27-10-8-24(21-35)9-11-27)32(40)37-18-16-23(17-19-37)20-29(38)41-22-25-6-4-3-5-7-25/h3-15,23,30H,16-20,22H2,1-2H3,(H,36,39). The van der Waals surface area contributed by atoms with E-state index >= 15 is 0 Å². The van der Waals surface area contributed by atoms with E-state index in [1.54, 1.807) is 36.4 Å². The molecule has 1 N–H and O–H groups in total. The summed E-state index contributed by atoms with van der Waals surface area (Å²) in [6.07, 6.45) is 1.73. The first-order valence-corrected chi connectivity index (χ1v) is 14.1. The summed E-state index contributed by atoms with van der Waals surface area (Å²) in [5, 5.41) is 12.7. The summed E-state index contributed by atoms with van der Waals surface area (Å²) in [5.74, 6) is -0.508. The number of ether oxygens (including phenoxy) is 1. The van der Waals surface area contributed by atoms with Crippen LogP contribution in [0.15, 0.2) is 78.9 Å². The number of nitrogens with one attached hydrogen (secondary N) is 1. The second-order valence-electron chi connectivity index (χ2n) is 11.0. The number of hydrogen-bond acceptors (Lipinski definition) is 5. The molecule has 41 heavy (non-hydrogen) atoms. The molecule has 3 aromatic carbocycles. The Morgan fingerprint density at radius 3 is 2.24 bits per heavy atom. The number of nitrogens with zero attached hydrogens (tertiary/aromatic N) is 2. The van der Waals surface area contributed by atoms with Crippen molar-refractivity contribution < 1.29 is 19.1 Å². The number of rotatable bonds is 9. The zero-order valence-electron chi connectivity index (χ0n) is 23.3. The zero-order chi connectivity index (χ0) is 29.4. The summed E-state index contributed by atoms with van der Waals surface area (Å²) in [5.41, 5.74) is 1.57. The van der Waals surface area contributed by atoms with Crippen molar-refractivity contribution in [3.8, 4) is 6.07 Å². The Bertz CT molecular complexity index is 1390. The van der Waals surface area contributed by atoms with Crippen molar-refractivity contribution in [1.82, 2.24) is 10.2 Å². The van der Waals surface area contributed by atoms with E-state index in [1.165, 1.54) is 0 Å². The summed E-state index contributed by atoms with van der Waals surface area (Å²) in [4.78, 5) is 41.4. The largest absolute Gasteiger partial charge is 0.461 e. The second kappa shape index (κ2) is 13.5. The smallest absolute Gasteiger partial charge is 0.306 e. The second-order valence-corrected chi connectivity index (χ2v) is 11.4. The van der Waals surface area contributed by atoms with Crippen molar-refractivity contribution in [2.45, 2.75) is 45.8 Å². The van der Waals surface area contributed by atoms with Gasteiger partial charge in [-0.15, -0.1) is 0 Å². The molecule has 7 nitrogen and oxygen atoms in total. The molecule has 1 aliphatic heterocycles. The predicted molar refractivity (Wildman–Crippen MR) is 157 cm³/mol. The minimum absolute atomic E-state index is 0.0808. The molecule has 0 bridgehead atoms. The maximum atomic E-state index is 13.9. The molecule has 1 fully saturated rings. The molecule has 212 valence electrons. The summed E-state index contributed by atoms with van der Waals surface area (Å²) >= 11 is 6.12. The number of esters is 1. The summed E-state index contributed by atoms with van der Waals surface area (Å²) < 4.78 is 5.45. The van der Waals surface area contributed by atoms with Crippen LogP contribution in [0.3, 0.4) is 0 Å². The Kier molecular flexibility index (Phi) is 9.80. The number of likely N-dealkylation sites (tertiary alicyclic amines) is 1. The van der Waals surface area contributed by atoms with Gasteiger partial charge in [0.2, 0.25) is 5.91 Å². The molecule has 0 saturated carbocycles. The minimum atomic E-state index is -0.989. The highest BCUT2D eigenvalue weighted by Gasteiger charge is 2.42. The Labute approximate surface area is 246 Å². The van der Waals surface area contributed by atoms with Gasteiger partial charge in [-0.05, 0) is 80.1 Å². The van der Waals surface area contributed by atoms with Crippen molar-refractivity contribution in [2.24, 2.45) is 11.3 Å². The van der Waals surface area contributed by atoms with Crippen molar-refractivity contribution in [1.29, 1.82) is 5.26 Å². The Hall–Kier alpha value is -4.15. The molecule has 8 heteroatoms. The number of piperidine rings is 1. The summed E-state index contributed by atoms with van der Waals surface area (Å²) in [7, 11) is 0. The van der Waals surface area contributed by atoms with E-state index in [2.05, 4.69) is 5.32 Å². The number of carbonyl (C=O) groups excluding carboxylic acids is 3. The maximum Gasteiger partial charge on any atom is 0.306 e. The molecule has 0 radical (unpaired) electrons. The van der Waals surface area contributed by atoms with Gasteiger partial charge < -0.3 is 15.0 Å². The number of benzene rings is 3. The molecule has 3 aromatic rings. The van der Waals surface area contributed by atoms with Gasteiger partial charge in [0.25, 0.3) is 5.91 Å². The lowest BCUT2D eigenvalue weighted by Crippen LogP contribution is -2.51. The van der Waals surface area contributed by atoms with E-state index < -0.39 is 11.5 Å². The number of amides is 2. The van der Waals surface area contributed by atoms with E-state index in [1.807, 2.05) is 67.3 Å². The van der Waals surface area contributed by atoms with Crippen molar-refractivity contribution >= 4 is 29.4 Å². The van der Waals surface area contributed by atoms with E-state index in [9.17, 15) is 14.4 Å². The lowest BCUT2D eigenvalue weighted by molar-refractivity contribution is -0.147. The highest BCUT2D eigenvalue weighted by molar-refractivity contribution is 6.30. The molecule has 1 heterocycles. The molecule has 4 rings (SSSR count). The van der Waals surface area contributed by atoms with Crippen molar-refractivity contribution in [3.05, 3.63) is 106 Å². The van der Waals surface area contributed by atoms with Crippen molar-refractivity contribution in [3.63, 3.8) is 0 Å². The molecule has 1 atom stereocenters. The van der Waals surface area contributed by atoms with E-state index in [0.29, 0.717) is 48.5 Å². The van der Waals surface area contributed by atoms with Crippen LogP contribution in [0.1, 0.15) is 66.2 Å². The van der Waals surface area contributed by atoms with Gasteiger partial charge in [0, 0.05) is 30.1 Å². The van der Waals surface area contributed by atoms with Crippen LogP contribution in [0.2, 0.25) is 5.02 Å². The SMILES string of the molecule is CC(C)(C(=O)N1CCC(CC(=O)OCc2ccccc2)CC1)C(NC(=O)c1ccc(C#N)cc1)c1ccc(Cl)cc1. The number of halogens is 1. The fourth-order valence-electron chi connectivity index (χ4n) is 5.15. The average Bonchev–Trinajstić information content (AvgIpc) is 2.99. The molecule has 1 saturated heterocycles. The molecular weight excluding hydrogens is 538 g/mol. The number of hydrogen-bond donors (Lipinski definition) is 1. The number of carbonyl (C=O) groups is 3. The molecule has 1 unspecified atom stereocenters. The lowest BCUT2D eigenvalue weighted by Gasteiger charge is -2.40. The fraction of sp³-hybridized carbons (Fsp3) is 0.333. The van der Waals surface area contributed by atoms with Crippen LogP contribution < -0.4 is 5.32 Å². The van der Waals surface area contributed by atoms with Crippen LogP contribution in [-0.2, 0) is 20.9 Å². The molecule has 2 amide bonds. The Morgan fingerprint density at radius 1 is 1.00 bits per heavy atom. The quantitative estimate of drug-likeness (QED) is 0.314. The van der Waals surface area contributed by atoms with Gasteiger partial charge in [-0.1, -0.05) is 54.1 Å². The van der Waals surface area contributed by atoms with Gasteiger partial charge in [-0.3, -0.25) is 14.4 Å². The average molecular weight is 572 g/mol. The van der Waals surface area contributed by atoms with Crippen LogP contribution in [0.5, 0.6) is 0 Å². The van der Waals surface area contributed by atoms with Crippen LogP contribution in [0, 0.1) is 22.7 Å². The third-order valence-corrected chi connectivity index (χ3v) is 7.88. The first-order chi connectivity index (χ1) is 19.7. The van der Waals surface area contributed by atoms with Gasteiger partial charge in [-0.2, -0.15) is 5.26 Å². The van der Waals surface area contributed by atoms with Gasteiger partial charge in [0.1, 0.15) is 6.61 Å². The summed E-state index contributed by atoms with van der Waals surface area (Å²) in [6, 6.07) is 24.5. The Morgan fingerprint density at radius 2 is 1.63 bits per heavy atom. The summed E-state index contributed by atoms with van der Waals surface area (Å²) in [6.45, 7) is 4.97. The monoisotopic (exact) mass is 571 g/mol. The third-order valence-electron chi connectivity index (χ3n) is 7.63. The van der Waals surface area contributed by atoms with Crippen molar-refractivity contribution in [2.75, 3.05) is 13.1 Å². The zero-order valence-corrected chi connectivity index (χ0v) is 24.1. The molecule has 0 aliphatic carbocycles. The first kappa shape index (κ1) is 29.8. The van der Waals surface area contributed by atoms with Crippen LogP contribution in [-0.4, -0.2) is 35.8 Å². The highest BCUT2D eigenvalue weighted by Crippen LogP contribution is 2.37. The lowest BCUT2D eigenvalue weighted by atomic mass is 9.78. The fourth-order valence-corrected chi connectivity index (χ4v) is 5.28. The van der Waals surface area contributed by atoms with Gasteiger partial charge >= 0.3 is 5.97 Å². The van der Waals surface area contributed by atoms with Gasteiger partial charge in [-0.25, -0.2) is 0 Å². The Balaban J connectivity index is 1.40. The molecule has 0 aromatic heterocycles. The molecular formula is C33H34ClN3O4. The maximum absolute atomic E-state index is 13.9. The molecule has 1 aliphatic rings. The highest BCUT2D eigenvalue weighted by atomic mass is 35.5. The topological polar surface area (TPSA) is 99.5 Å². The van der Waals surface area contributed by atoms with Gasteiger partial charge in [0.05, 0.1) is 23.1 Å². The minimum Gasteiger partial charge on any atom is -0.461 e. The van der Waals surface area contributed by atoms with Crippen LogP contribution in [0.4, 0.5) is 0 Å². The van der Waals surface area contributed by atoms with E-state index in [4.69, 9.17) is 21.6 Å². The third kappa shape index (κ3) is 7.74. The van der Waals surface area contributed by atoms with Crippen LogP contribution in [0.25, 0.3) is 0 Å². The van der Waals surface area contributed by atoms with Gasteiger partial charge in [0.15, 0.2) is 0 Å². The number of nitriles is 1. The van der Waals surface area contributed by atoms with E-state index in [0.717, 1.165) is 11.1 Å². The van der Waals surface area contributed by atoms with Crippen LogP contribution >= 0.6 is 11.6 Å². The van der Waals surface area contributed by atoms with E-state index in [-0.39, 0.29) is 30.3 Å². The predicted octanol–water partition coefficient (Wildman–Crippen LogP) is 6.08. The molecule has 0 spiro atoms. The first-order valence-electron chi connectivity index (χ1n) is 13.7.